The monoisotopic (exact) mass is 247 g/mol. The van der Waals surface area contributed by atoms with Gasteiger partial charge >= 0.3 is 0 Å². The second kappa shape index (κ2) is 5.53. The van der Waals surface area contributed by atoms with Crippen LogP contribution >= 0.6 is 0 Å². The lowest BCUT2D eigenvalue weighted by atomic mass is 9.87. The number of methoxy groups -OCH3 is 1. The van der Waals surface area contributed by atoms with Crippen molar-refractivity contribution in [1.82, 2.24) is 0 Å². The van der Waals surface area contributed by atoms with Crippen molar-refractivity contribution in [1.29, 1.82) is 0 Å². The molecular formula is C15H21NO2. The standard InChI is InChI=1S/C15H21NO2/c1-10-8-12(18-2)6-7-13(10)15(17)14-5-3-4-11(14)9-16/h6-8,11,14H,3-5,9,16H2,1-2H3. The fourth-order valence-corrected chi connectivity index (χ4v) is 2.90. The van der Waals surface area contributed by atoms with Crippen molar-refractivity contribution in [2.75, 3.05) is 13.7 Å². The Morgan fingerprint density at radius 2 is 2.22 bits per heavy atom. The molecule has 0 radical (unpaired) electrons. The topological polar surface area (TPSA) is 52.3 Å². The van der Waals surface area contributed by atoms with Crippen LogP contribution < -0.4 is 10.5 Å². The molecule has 1 aliphatic rings. The molecule has 1 aliphatic carbocycles. The molecule has 0 amide bonds. The van der Waals surface area contributed by atoms with Gasteiger partial charge in [-0.1, -0.05) is 6.42 Å². The largest absolute Gasteiger partial charge is 0.497 e. The molecule has 2 atom stereocenters. The van der Waals surface area contributed by atoms with Gasteiger partial charge in [0.15, 0.2) is 5.78 Å². The smallest absolute Gasteiger partial charge is 0.166 e. The first-order valence-corrected chi connectivity index (χ1v) is 6.56. The summed E-state index contributed by atoms with van der Waals surface area (Å²) in [6.45, 7) is 2.58. The molecule has 0 spiro atoms. The maximum atomic E-state index is 12.5. The van der Waals surface area contributed by atoms with Crippen LogP contribution in [0.5, 0.6) is 5.75 Å². The molecule has 1 saturated carbocycles. The number of ether oxygens (including phenoxy) is 1. The summed E-state index contributed by atoms with van der Waals surface area (Å²) >= 11 is 0. The molecule has 2 unspecified atom stereocenters. The SMILES string of the molecule is COc1ccc(C(=O)C2CCCC2CN)c(C)c1. The van der Waals surface area contributed by atoms with Crippen molar-refractivity contribution in [3.05, 3.63) is 29.3 Å². The number of nitrogens with two attached hydrogens (primary N) is 1. The van der Waals surface area contributed by atoms with Crippen LogP contribution in [-0.4, -0.2) is 19.4 Å². The van der Waals surface area contributed by atoms with Crippen molar-refractivity contribution in [3.8, 4) is 5.75 Å². The summed E-state index contributed by atoms with van der Waals surface area (Å²) < 4.78 is 5.17. The predicted molar refractivity (Wildman–Crippen MR) is 71.9 cm³/mol. The highest BCUT2D eigenvalue weighted by Crippen LogP contribution is 2.34. The van der Waals surface area contributed by atoms with Gasteiger partial charge in [0.1, 0.15) is 5.75 Å². The number of rotatable bonds is 4. The molecule has 3 nitrogen and oxygen atoms in total. The van der Waals surface area contributed by atoms with E-state index in [1.54, 1.807) is 7.11 Å². The van der Waals surface area contributed by atoms with Crippen LogP contribution in [0.15, 0.2) is 18.2 Å². The van der Waals surface area contributed by atoms with Gasteiger partial charge in [-0.05, 0) is 56.0 Å². The molecule has 0 aromatic heterocycles. The predicted octanol–water partition coefficient (Wildman–Crippen LogP) is 2.56. The Balaban J connectivity index is 2.23. The van der Waals surface area contributed by atoms with Gasteiger partial charge in [0.25, 0.3) is 0 Å². The van der Waals surface area contributed by atoms with Crippen molar-refractivity contribution >= 4 is 5.78 Å². The van der Waals surface area contributed by atoms with Crippen LogP contribution in [0.3, 0.4) is 0 Å². The number of hydrogen-bond acceptors (Lipinski definition) is 3. The zero-order chi connectivity index (χ0) is 13.1. The number of ketones is 1. The van der Waals surface area contributed by atoms with E-state index in [0.717, 1.165) is 36.1 Å². The second-order valence-electron chi connectivity index (χ2n) is 5.08. The minimum absolute atomic E-state index is 0.113. The molecule has 2 N–H and O–H groups in total. The summed E-state index contributed by atoms with van der Waals surface area (Å²) in [7, 11) is 1.64. The molecule has 1 aromatic rings. The fourth-order valence-electron chi connectivity index (χ4n) is 2.90. The number of Topliss-reactive ketones (excluding diaryl/α,β-unsaturated/α-hetero) is 1. The van der Waals surface area contributed by atoms with Gasteiger partial charge in [-0.3, -0.25) is 4.79 Å². The maximum absolute atomic E-state index is 12.5. The van der Waals surface area contributed by atoms with Crippen molar-refractivity contribution < 1.29 is 9.53 Å². The van der Waals surface area contributed by atoms with Gasteiger partial charge in [0.05, 0.1) is 7.11 Å². The lowest BCUT2D eigenvalue weighted by Gasteiger charge is -2.18. The molecule has 2 rings (SSSR count). The number of carbonyl (C=O) groups excluding carboxylic acids is 1. The third-order valence-electron chi connectivity index (χ3n) is 4.00. The number of aryl methyl sites for hydroxylation is 1. The molecule has 0 saturated heterocycles. The molecule has 3 heteroatoms. The van der Waals surface area contributed by atoms with Gasteiger partial charge in [-0.2, -0.15) is 0 Å². The van der Waals surface area contributed by atoms with Gasteiger partial charge < -0.3 is 10.5 Å². The van der Waals surface area contributed by atoms with Crippen LogP contribution in [0.2, 0.25) is 0 Å². The summed E-state index contributed by atoms with van der Waals surface area (Å²) in [5.41, 5.74) is 7.56. The van der Waals surface area contributed by atoms with Gasteiger partial charge in [0, 0.05) is 11.5 Å². The highest BCUT2D eigenvalue weighted by molar-refractivity contribution is 5.99. The van der Waals surface area contributed by atoms with E-state index in [9.17, 15) is 4.79 Å². The summed E-state index contributed by atoms with van der Waals surface area (Å²) in [5.74, 6) is 1.52. The van der Waals surface area contributed by atoms with E-state index in [4.69, 9.17) is 10.5 Å². The van der Waals surface area contributed by atoms with E-state index < -0.39 is 0 Å². The first-order chi connectivity index (χ1) is 8.67. The van der Waals surface area contributed by atoms with Gasteiger partial charge in [-0.25, -0.2) is 0 Å². The van der Waals surface area contributed by atoms with E-state index in [1.165, 1.54) is 0 Å². The second-order valence-corrected chi connectivity index (χ2v) is 5.08. The molecule has 0 bridgehead atoms. The third-order valence-corrected chi connectivity index (χ3v) is 4.00. The molecule has 1 aromatic carbocycles. The fraction of sp³-hybridized carbons (Fsp3) is 0.533. The van der Waals surface area contributed by atoms with Crippen LogP contribution in [0.1, 0.15) is 35.2 Å². The van der Waals surface area contributed by atoms with Crippen molar-refractivity contribution in [3.63, 3.8) is 0 Å². The molecular weight excluding hydrogens is 226 g/mol. The average molecular weight is 247 g/mol. The summed E-state index contributed by atoms with van der Waals surface area (Å²) in [6.07, 6.45) is 3.18. The molecule has 98 valence electrons. The first kappa shape index (κ1) is 13.1. The molecule has 1 fully saturated rings. The van der Waals surface area contributed by atoms with Crippen LogP contribution in [-0.2, 0) is 0 Å². The highest BCUT2D eigenvalue weighted by Gasteiger charge is 2.32. The van der Waals surface area contributed by atoms with Gasteiger partial charge in [0.2, 0.25) is 0 Å². The summed E-state index contributed by atoms with van der Waals surface area (Å²) in [5, 5.41) is 0. The summed E-state index contributed by atoms with van der Waals surface area (Å²) in [4.78, 5) is 12.5. The number of benzene rings is 1. The summed E-state index contributed by atoms with van der Waals surface area (Å²) in [6, 6.07) is 5.65. The molecule has 0 heterocycles. The molecule has 0 aliphatic heterocycles. The minimum Gasteiger partial charge on any atom is -0.497 e. The number of hydrogen-bond donors (Lipinski definition) is 1. The van der Waals surface area contributed by atoms with E-state index in [0.29, 0.717) is 12.5 Å². The first-order valence-electron chi connectivity index (χ1n) is 6.56. The average Bonchev–Trinajstić information content (AvgIpc) is 2.86. The van der Waals surface area contributed by atoms with E-state index in [1.807, 2.05) is 25.1 Å². The van der Waals surface area contributed by atoms with Crippen LogP contribution in [0, 0.1) is 18.8 Å². The van der Waals surface area contributed by atoms with E-state index in [2.05, 4.69) is 0 Å². The normalized spacial score (nSPS) is 23.1. The Hall–Kier alpha value is -1.35. The zero-order valence-electron chi connectivity index (χ0n) is 11.1. The van der Waals surface area contributed by atoms with Crippen LogP contribution in [0.4, 0.5) is 0 Å². The maximum Gasteiger partial charge on any atom is 0.166 e. The Morgan fingerprint density at radius 3 is 2.83 bits per heavy atom. The Kier molecular flexibility index (Phi) is 4.02. The minimum atomic E-state index is 0.113. The van der Waals surface area contributed by atoms with Crippen LogP contribution in [0.25, 0.3) is 0 Å². The lowest BCUT2D eigenvalue weighted by Crippen LogP contribution is -2.25. The van der Waals surface area contributed by atoms with Crippen molar-refractivity contribution in [2.45, 2.75) is 26.2 Å². The lowest BCUT2D eigenvalue weighted by molar-refractivity contribution is 0.0893. The highest BCUT2D eigenvalue weighted by atomic mass is 16.5. The number of carbonyl (C=O) groups is 1. The molecule has 18 heavy (non-hydrogen) atoms. The Morgan fingerprint density at radius 1 is 1.44 bits per heavy atom. The Labute approximate surface area is 108 Å². The van der Waals surface area contributed by atoms with E-state index in [-0.39, 0.29) is 11.7 Å². The van der Waals surface area contributed by atoms with E-state index >= 15 is 0 Å². The van der Waals surface area contributed by atoms with Crippen molar-refractivity contribution in [2.24, 2.45) is 17.6 Å². The van der Waals surface area contributed by atoms with Gasteiger partial charge in [-0.15, -0.1) is 0 Å². The Bertz CT molecular complexity index is 442. The quantitative estimate of drug-likeness (QED) is 0.832. The third kappa shape index (κ3) is 2.41. The zero-order valence-corrected chi connectivity index (χ0v) is 11.1.